The Morgan fingerprint density at radius 3 is 2.18 bits per heavy atom. The molecule has 2 atom stereocenters. The van der Waals surface area contributed by atoms with Gasteiger partial charge in [-0.3, -0.25) is 9.59 Å². The van der Waals surface area contributed by atoms with Gasteiger partial charge in [0.2, 0.25) is 10.0 Å². The number of sulfonamides is 1. The molecular weight excluding hydrogens is 380 g/mol. The number of esters is 1. The molecule has 0 spiro atoms. The zero-order valence-electron chi connectivity index (χ0n) is 16.7. The Kier molecular flexibility index (Phi) is 8.00. The number of hydrogen-bond donors (Lipinski definition) is 2. The maximum atomic E-state index is 12.4. The molecule has 28 heavy (non-hydrogen) atoms. The fourth-order valence-corrected chi connectivity index (χ4v) is 4.33. The Morgan fingerprint density at radius 2 is 1.61 bits per heavy atom. The van der Waals surface area contributed by atoms with Crippen molar-refractivity contribution in [1.82, 2.24) is 10.0 Å². The summed E-state index contributed by atoms with van der Waals surface area (Å²) in [5.41, 5.74) is 0.930. The van der Waals surface area contributed by atoms with E-state index in [0.717, 1.165) is 31.2 Å². The van der Waals surface area contributed by atoms with Gasteiger partial charge in [-0.25, -0.2) is 8.42 Å². The summed E-state index contributed by atoms with van der Waals surface area (Å²) in [7, 11) is -3.86. The zero-order chi connectivity index (χ0) is 20.7. The number of hydrogen-bond acceptors (Lipinski definition) is 5. The van der Waals surface area contributed by atoms with Gasteiger partial charge in [-0.1, -0.05) is 43.4 Å². The summed E-state index contributed by atoms with van der Waals surface area (Å²) in [4.78, 5) is 24.6. The molecule has 2 rings (SSSR count). The number of carbonyl (C=O) groups is 2. The van der Waals surface area contributed by atoms with Crippen LogP contribution in [0.15, 0.2) is 29.2 Å². The van der Waals surface area contributed by atoms with Crippen LogP contribution >= 0.6 is 0 Å². The normalized spacial score (nSPS) is 18.0. The average molecular weight is 411 g/mol. The maximum absolute atomic E-state index is 12.4. The minimum Gasteiger partial charge on any atom is -0.451 e. The summed E-state index contributed by atoms with van der Waals surface area (Å²) in [6.45, 7) is 4.74. The molecule has 0 aromatic heterocycles. The SMILES string of the molecule is Cc1ccc(S(=O)(=O)N[C@@H](C)C(=O)O[C@H](C)C(=O)NC2CCCCCC2)cc1. The first-order valence-corrected chi connectivity index (χ1v) is 11.3. The fraction of sp³-hybridized carbons (Fsp3) is 0.600. The lowest BCUT2D eigenvalue weighted by Crippen LogP contribution is -2.45. The van der Waals surface area contributed by atoms with Crippen molar-refractivity contribution in [2.45, 2.75) is 82.4 Å². The van der Waals surface area contributed by atoms with Crippen LogP contribution in [0.25, 0.3) is 0 Å². The standard InChI is InChI=1S/C20H30N2O5S/c1-14-10-12-18(13-11-14)28(25,26)22-15(2)20(24)27-16(3)19(23)21-17-8-6-4-5-7-9-17/h10-13,15-17,22H,4-9H2,1-3H3,(H,21,23)/t15-,16+/m0/s1. The van der Waals surface area contributed by atoms with E-state index in [2.05, 4.69) is 10.0 Å². The highest BCUT2D eigenvalue weighted by Crippen LogP contribution is 2.17. The van der Waals surface area contributed by atoms with E-state index in [-0.39, 0.29) is 16.8 Å². The highest BCUT2D eigenvalue weighted by atomic mass is 32.2. The Labute approximate surface area is 167 Å². The molecule has 0 bridgehead atoms. The van der Waals surface area contributed by atoms with Crippen LogP contribution in [-0.2, 0) is 24.3 Å². The quantitative estimate of drug-likeness (QED) is 0.531. The van der Waals surface area contributed by atoms with E-state index in [1.54, 1.807) is 12.1 Å². The van der Waals surface area contributed by atoms with E-state index in [1.165, 1.54) is 38.8 Å². The van der Waals surface area contributed by atoms with Crippen LogP contribution in [0, 0.1) is 6.92 Å². The highest BCUT2D eigenvalue weighted by Gasteiger charge is 2.27. The van der Waals surface area contributed by atoms with E-state index in [0.29, 0.717) is 0 Å². The van der Waals surface area contributed by atoms with Crippen LogP contribution in [-0.4, -0.2) is 38.5 Å². The number of amides is 1. The fourth-order valence-electron chi connectivity index (χ4n) is 3.14. The van der Waals surface area contributed by atoms with Crippen LogP contribution < -0.4 is 10.0 Å². The monoisotopic (exact) mass is 410 g/mol. The summed E-state index contributed by atoms with van der Waals surface area (Å²) in [6.07, 6.45) is 5.39. The van der Waals surface area contributed by atoms with Gasteiger partial charge >= 0.3 is 5.97 Å². The van der Waals surface area contributed by atoms with Crippen molar-refractivity contribution in [3.05, 3.63) is 29.8 Å². The smallest absolute Gasteiger partial charge is 0.324 e. The van der Waals surface area contributed by atoms with Gasteiger partial charge in [0, 0.05) is 6.04 Å². The summed E-state index contributed by atoms with van der Waals surface area (Å²) in [6, 6.07) is 5.29. The van der Waals surface area contributed by atoms with Crippen molar-refractivity contribution in [2.75, 3.05) is 0 Å². The topological polar surface area (TPSA) is 102 Å². The molecule has 1 aliphatic rings. The van der Waals surface area contributed by atoms with Gasteiger partial charge in [-0.15, -0.1) is 0 Å². The minimum atomic E-state index is -3.86. The van der Waals surface area contributed by atoms with Gasteiger partial charge in [0.05, 0.1) is 4.90 Å². The molecule has 2 N–H and O–H groups in total. The molecule has 1 aromatic carbocycles. The number of ether oxygens (including phenoxy) is 1. The molecule has 0 radical (unpaired) electrons. The minimum absolute atomic E-state index is 0.0666. The van der Waals surface area contributed by atoms with Crippen LogP contribution in [0.3, 0.4) is 0 Å². The molecule has 1 aliphatic carbocycles. The molecule has 1 amide bonds. The van der Waals surface area contributed by atoms with Gasteiger partial charge in [-0.2, -0.15) is 4.72 Å². The van der Waals surface area contributed by atoms with Crippen LogP contribution in [0.1, 0.15) is 57.9 Å². The molecule has 1 fully saturated rings. The second-order valence-corrected chi connectivity index (χ2v) is 9.15. The largest absolute Gasteiger partial charge is 0.451 e. The number of benzene rings is 1. The van der Waals surface area contributed by atoms with E-state index in [9.17, 15) is 18.0 Å². The van der Waals surface area contributed by atoms with Gasteiger partial charge in [-0.05, 0) is 45.7 Å². The Hall–Kier alpha value is -1.93. The average Bonchev–Trinajstić information content (AvgIpc) is 2.90. The lowest BCUT2D eigenvalue weighted by atomic mass is 10.1. The second-order valence-electron chi connectivity index (χ2n) is 7.43. The molecule has 7 nitrogen and oxygen atoms in total. The molecule has 156 valence electrons. The molecule has 0 aliphatic heterocycles. The number of nitrogens with one attached hydrogen (secondary N) is 2. The van der Waals surface area contributed by atoms with E-state index in [4.69, 9.17) is 4.74 Å². The van der Waals surface area contributed by atoms with Crippen molar-refractivity contribution < 1.29 is 22.7 Å². The third kappa shape index (κ3) is 6.60. The molecule has 0 heterocycles. The number of carbonyl (C=O) groups excluding carboxylic acids is 2. The predicted octanol–water partition coefficient (Wildman–Crippen LogP) is 2.43. The van der Waals surface area contributed by atoms with E-state index >= 15 is 0 Å². The van der Waals surface area contributed by atoms with Crippen molar-refractivity contribution in [3.63, 3.8) is 0 Å². The zero-order valence-corrected chi connectivity index (χ0v) is 17.6. The summed E-state index contributed by atoms with van der Waals surface area (Å²) >= 11 is 0. The molecule has 1 aromatic rings. The molecular formula is C20H30N2O5S. The van der Waals surface area contributed by atoms with Crippen molar-refractivity contribution in [2.24, 2.45) is 0 Å². The second kappa shape index (κ2) is 10.0. The Bertz CT molecular complexity index is 768. The Morgan fingerprint density at radius 1 is 1.04 bits per heavy atom. The molecule has 8 heteroatoms. The first-order chi connectivity index (χ1) is 13.2. The molecule has 0 saturated heterocycles. The van der Waals surface area contributed by atoms with Crippen LogP contribution in [0.5, 0.6) is 0 Å². The number of aryl methyl sites for hydroxylation is 1. The van der Waals surface area contributed by atoms with Crippen molar-refractivity contribution in [3.8, 4) is 0 Å². The first-order valence-electron chi connectivity index (χ1n) is 9.79. The number of rotatable bonds is 7. The van der Waals surface area contributed by atoms with Gasteiger partial charge in [0.15, 0.2) is 6.10 Å². The third-order valence-corrected chi connectivity index (χ3v) is 6.44. The predicted molar refractivity (Wildman–Crippen MR) is 106 cm³/mol. The first kappa shape index (κ1) is 22.4. The highest BCUT2D eigenvalue weighted by molar-refractivity contribution is 7.89. The summed E-state index contributed by atoms with van der Waals surface area (Å²) < 4.78 is 32.2. The van der Waals surface area contributed by atoms with Crippen LogP contribution in [0.2, 0.25) is 0 Å². The molecule has 1 saturated carbocycles. The van der Waals surface area contributed by atoms with Gasteiger partial charge in [0.1, 0.15) is 6.04 Å². The molecule has 0 unspecified atom stereocenters. The maximum Gasteiger partial charge on any atom is 0.324 e. The van der Waals surface area contributed by atoms with Crippen LogP contribution in [0.4, 0.5) is 0 Å². The Balaban J connectivity index is 1.88. The van der Waals surface area contributed by atoms with Crippen molar-refractivity contribution in [1.29, 1.82) is 0 Å². The lowest BCUT2D eigenvalue weighted by molar-refractivity contribution is -0.156. The lowest BCUT2D eigenvalue weighted by Gasteiger charge is -2.21. The van der Waals surface area contributed by atoms with Gasteiger partial charge < -0.3 is 10.1 Å². The van der Waals surface area contributed by atoms with E-state index in [1.807, 2.05) is 6.92 Å². The van der Waals surface area contributed by atoms with Crippen molar-refractivity contribution >= 4 is 21.9 Å². The summed E-state index contributed by atoms with van der Waals surface area (Å²) in [5, 5.41) is 2.93. The third-order valence-electron chi connectivity index (χ3n) is 4.88. The van der Waals surface area contributed by atoms with Gasteiger partial charge in [0.25, 0.3) is 5.91 Å². The summed E-state index contributed by atoms with van der Waals surface area (Å²) in [5.74, 6) is -1.15. The van der Waals surface area contributed by atoms with E-state index < -0.39 is 28.1 Å².